The van der Waals surface area contributed by atoms with E-state index in [9.17, 15) is 18.5 Å². The van der Waals surface area contributed by atoms with Crippen molar-refractivity contribution >= 4 is 15.7 Å². The molecule has 0 radical (unpaired) electrons. The topological polar surface area (TPSA) is 103 Å². The number of furan rings is 1. The van der Waals surface area contributed by atoms with E-state index in [1.165, 1.54) is 20.4 Å². The Kier molecular flexibility index (Phi) is 4.48. The second-order valence-corrected chi connectivity index (χ2v) is 6.45. The molecule has 0 spiro atoms. The Bertz CT molecular complexity index is 770. The zero-order chi connectivity index (χ0) is 16.3. The van der Waals surface area contributed by atoms with Gasteiger partial charge in [-0.1, -0.05) is 0 Å². The molecule has 22 heavy (non-hydrogen) atoms. The van der Waals surface area contributed by atoms with E-state index < -0.39 is 14.9 Å². The molecule has 1 aromatic heterocycles. The summed E-state index contributed by atoms with van der Waals surface area (Å²) < 4.78 is 36.3. The highest BCUT2D eigenvalue weighted by molar-refractivity contribution is 7.89. The zero-order valence-electron chi connectivity index (χ0n) is 11.9. The first-order valence-electron chi connectivity index (χ1n) is 6.17. The molecule has 0 saturated heterocycles. The first kappa shape index (κ1) is 16.0. The molecule has 2 aromatic rings. The quantitative estimate of drug-likeness (QED) is 0.594. The lowest BCUT2D eigenvalue weighted by atomic mass is 10.3. The van der Waals surface area contributed by atoms with Crippen molar-refractivity contribution in [2.24, 2.45) is 0 Å². The van der Waals surface area contributed by atoms with E-state index in [1.54, 1.807) is 12.1 Å². The van der Waals surface area contributed by atoms with Crippen LogP contribution in [0.3, 0.4) is 0 Å². The van der Waals surface area contributed by atoms with Crippen molar-refractivity contribution < 1.29 is 22.5 Å². The third kappa shape index (κ3) is 3.10. The predicted molar refractivity (Wildman–Crippen MR) is 77.0 cm³/mol. The number of nitro groups is 1. The molecule has 0 fully saturated rings. The fourth-order valence-corrected chi connectivity index (χ4v) is 3.13. The largest absolute Gasteiger partial charge is 0.495 e. The van der Waals surface area contributed by atoms with Crippen molar-refractivity contribution in [1.29, 1.82) is 0 Å². The highest BCUT2D eigenvalue weighted by atomic mass is 32.2. The molecule has 0 atom stereocenters. The summed E-state index contributed by atoms with van der Waals surface area (Å²) >= 11 is 0. The van der Waals surface area contributed by atoms with Crippen LogP contribution in [0, 0.1) is 10.1 Å². The summed E-state index contributed by atoms with van der Waals surface area (Å²) in [6.07, 6.45) is 1.45. The number of nitrogens with zero attached hydrogens (tertiary/aromatic N) is 2. The standard InChI is InChI=1S/C13H14N2O6S/c1-14(9-11-4-3-7-21-11)22(18,19)13-6-5-10(15(16)17)8-12(13)20-2/h3-8H,9H2,1-2H3. The van der Waals surface area contributed by atoms with E-state index in [-0.39, 0.29) is 22.9 Å². The second-order valence-electron chi connectivity index (χ2n) is 4.43. The minimum Gasteiger partial charge on any atom is -0.495 e. The van der Waals surface area contributed by atoms with E-state index in [0.717, 1.165) is 22.5 Å². The predicted octanol–water partition coefficient (Wildman–Crippen LogP) is 2.02. The van der Waals surface area contributed by atoms with Crippen molar-refractivity contribution in [3.05, 3.63) is 52.5 Å². The minimum absolute atomic E-state index is 0.0372. The van der Waals surface area contributed by atoms with Gasteiger partial charge in [0.15, 0.2) is 0 Å². The fourth-order valence-electron chi connectivity index (χ4n) is 1.86. The van der Waals surface area contributed by atoms with Gasteiger partial charge in [0.25, 0.3) is 5.69 Å². The molecule has 0 bridgehead atoms. The van der Waals surface area contributed by atoms with Crippen LogP contribution in [0.1, 0.15) is 5.76 Å². The molecule has 0 saturated carbocycles. The van der Waals surface area contributed by atoms with Crippen LogP contribution >= 0.6 is 0 Å². The monoisotopic (exact) mass is 326 g/mol. The summed E-state index contributed by atoms with van der Waals surface area (Å²) in [4.78, 5) is 9.99. The third-order valence-electron chi connectivity index (χ3n) is 3.00. The first-order chi connectivity index (χ1) is 10.4. The van der Waals surface area contributed by atoms with E-state index >= 15 is 0 Å². The van der Waals surface area contributed by atoms with Crippen LogP contribution in [-0.4, -0.2) is 31.8 Å². The van der Waals surface area contributed by atoms with Crippen molar-refractivity contribution in [3.8, 4) is 5.75 Å². The highest BCUT2D eigenvalue weighted by Crippen LogP contribution is 2.30. The van der Waals surface area contributed by atoms with Crippen LogP contribution in [-0.2, 0) is 16.6 Å². The van der Waals surface area contributed by atoms with Gasteiger partial charge in [0, 0.05) is 13.1 Å². The molecule has 0 aliphatic heterocycles. The molecule has 0 amide bonds. The SMILES string of the molecule is COc1cc([N+](=O)[O-])ccc1S(=O)(=O)N(C)Cc1ccco1. The minimum atomic E-state index is -3.87. The lowest BCUT2D eigenvalue weighted by Gasteiger charge is -2.17. The first-order valence-corrected chi connectivity index (χ1v) is 7.61. The number of rotatable bonds is 6. The molecule has 1 heterocycles. The summed E-state index contributed by atoms with van der Waals surface area (Å²) in [5, 5.41) is 10.8. The lowest BCUT2D eigenvalue weighted by molar-refractivity contribution is -0.385. The molecule has 9 heteroatoms. The molecule has 1 aromatic carbocycles. The number of non-ortho nitro benzene ring substituents is 1. The molecule has 0 unspecified atom stereocenters. The number of hydrogen-bond donors (Lipinski definition) is 0. The zero-order valence-corrected chi connectivity index (χ0v) is 12.7. The van der Waals surface area contributed by atoms with Crippen LogP contribution in [0.4, 0.5) is 5.69 Å². The number of sulfonamides is 1. The Morgan fingerprint density at radius 1 is 1.36 bits per heavy atom. The summed E-state index contributed by atoms with van der Waals surface area (Å²) in [7, 11) is -1.23. The van der Waals surface area contributed by atoms with Crippen LogP contribution in [0.5, 0.6) is 5.75 Å². The van der Waals surface area contributed by atoms with Gasteiger partial charge in [-0.3, -0.25) is 10.1 Å². The van der Waals surface area contributed by atoms with Crippen molar-refractivity contribution in [3.63, 3.8) is 0 Å². The molecule has 2 rings (SSSR count). The van der Waals surface area contributed by atoms with Crippen molar-refractivity contribution in [2.45, 2.75) is 11.4 Å². The number of ether oxygens (including phenoxy) is 1. The number of benzene rings is 1. The van der Waals surface area contributed by atoms with Gasteiger partial charge >= 0.3 is 0 Å². The summed E-state index contributed by atoms with van der Waals surface area (Å²) in [6, 6.07) is 6.66. The Labute approximate surface area is 127 Å². The van der Waals surface area contributed by atoms with Crippen LogP contribution in [0.2, 0.25) is 0 Å². The molecule has 118 valence electrons. The lowest BCUT2D eigenvalue weighted by Crippen LogP contribution is -2.26. The van der Waals surface area contributed by atoms with Crippen molar-refractivity contribution in [2.75, 3.05) is 14.2 Å². The van der Waals surface area contributed by atoms with E-state index in [0.29, 0.717) is 5.76 Å². The van der Waals surface area contributed by atoms with Gasteiger partial charge in [-0.25, -0.2) is 8.42 Å². The van der Waals surface area contributed by atoms with Gasteiger partial charge in [0.1, 0.15) is 16.4 Å². The van der Waals surface area contributed by atoms with Crippen molar-refractivity contribution in [1.82, 2.24) is 4.31 Å². The number of nitro benzene ring substituents is 1. The van der Waals surface area contributed by atoms with Crippen LogP contribution in [0.15, 0.2) is 45.9 Å². The molecular formula is C13H14N2O6S. The average Bonchev–Trinajstić information content (AvgIpc) is 2.99. The molecule has 0 N–H and O–H groups in total. The van der Waals surface area contributed by atoms with Gasteiger partial charge < -0.3 is 9.15 Å². The van der Waals surface area contributed by atoms with E-state index in [4.69, 9.17) is 9.15 Å². The average molecular weight is 326 g/mol. The molecule has 0 aliphatic carbocycles. The van der Waals surface area contributed by atoms with E-state index in [2.05, 4.69) is 0 Å². The maximum atomic E-state index is 12.6. The smallest absolute Gasteiger partial charge is 0.273 e. The third-order valence-corrected chi connectivity index (χ3v) is 4.85. The van der Waals surface area contributed by atoms with Crippen LogP contribution < -0.4 is 4.74 Å². The molecule has 8 nitrogen and oxygen atoms in total. The second kappa shape index (κ2) is 6.16. The van der Waals surface area contributed by atoms with Gasteiger partial charge in [-0.15, -0.1) is 0 Å². The van der Waals surface area contributed by atoms with Gasteiger partial charge in [0.2, 0.25) is 10.0 Å². The Balaban J connectivity index is 2.38. The Morgan fingerprint density at radius 2 is 2.09 bits per heavy atom. The van der Waals surface area contributed by atoms with Gasteiger partial charge in [-0.2, -0.15) is 4.31 Å². The normalized spacial score (nSPS) is 11.6. The fraction of sp³-hybridized carbons (Fsp3) is 0.231. The van der Waals surface area contributed by atoms with Gasteiger partial charge in [-0.05, 0) is 18.2 Å². The van der Waals surface area contributed by atoms with Gasteiger partial charge in [0.05, 0.1) is 30.9 Å². The number of methoxy groups -OCH3 is 1. The number of hydrogen-bond acceptors (Lipinski definition) is 6. The summed E-state index contributed by atoms with van der Waals surface area (Å²) in [6.45, 7) is 0.0372. The summed E-state index contributed by atoms with van der Waals surface area (Å²) in [5.41, 5.74) is -0.246. The van der Waals surface area contributed by atoms with E-state index in [1.807, 2.05) is 0 Å². The molecular weight excluding hydrogens is 312 g/mol. The maximum Gasteiger partial charge on any atom is 0.273 e. The highest BCUT2D eigenvalue weighted by Gasteiger charge is 2.27. The Morgan fingerprint density at radius 3 is 2.64 bits per heavy atom. The molecule has 0 aliphatic rings. The Hall–Kier alpha value is -2.39. The maximum absolute atomic E-state index is 12.6. The summed E-state index contributed by atoms with van der Waals surface area (Å²) in [5.74, 6) is 0.396. The van der Waals surface area contributed by atoms with Crippen LogP contribution in [0.25, 0.3) is 0 Å².